The van der Waals surface area contributed by atoms with Crippen molar-refractivity contribution in [2.75, 3.05) is 0 Å². The Hall–Kier alpha value is -3.00. The average Bonchev–Trinajstić information content (AvgIpc) is 2.77. The molecule has 0 radical (unpaired) electrons. The third kappa shape index (κ3) is 7.03. The summed E-state index contributed by atoms with van der Waals surface area (Å²) < 4.78 is 0. The van der Waals surface area contributed by atoms with E-state index in [2.05, 4.69) is 23.3 Å². The minimum Gasteiger partial charge on any atom is -0.508 e. The fourth-order valence-corrected chi connectivity index (χ4v) is 3.30. The molecule has 0 aliphatic heterocycles. The first-order valence-electron chi connectivity index (χ1n) is 10.1. The van der Waals surface area contributed by atoms with Crippen molar-refractivity contribution in [3.05, 3.63) is 65.7 Å². The Balaban J connectivity index is 2.12. The summed E-state index contributed by atoms with van der Waals surface area (Å²) in [6.07, 6.45) is 0.651. The highest BCUT2D eigenvalue weighted by Crippen LogP contribution is 2.21. The number of thiol groups is 1. The average molecular weight is 445 g/mol. The van der Waals surface area contributed by atoms with E-state index in [4.69, 9.17) is 0 Å². The molecule has 0 fully saturated rings. The lowest BCUT2D eigenvalue weighted by atomic mass is 9.97. The second kappa shape index (κ2) is 11.4. The number of carboxylic acid groups (broad SMARTS) is 1. The van der Waals surface area contributed by atoms with Gasteiger partial charge in [-0.3, -0.25) is 9.59 Å². The van der Waals surface area contributed by atoms with Gasteiger partial charge in [0.2, 0.25) is 11.8 Å². The van der Waals surface area contributed by atoms with Gasteiger partial charge in [0.1, 0.15) is 23.1 Å². The fraction of sp³-hybridized carbons (Fsp3) is 0.348. The van der Waals surface area contributed by atoms with Gasteiger partial charge in [0.25, 0.3) is 0 Å². The number of aliphatic carboxylic acids is 1. The molecule has 4 N–H and O–H groups in total. The highest BCUT2D eigenvalue weighted by atomic mass is 32.1. The van der Waals surface area contributed by atoms with Gasteiger partial charge in [0.05, 0.1) is 0 Å². The van der Waals surface area contributed by atoms with Crippen molar-refractivity contribution in [3.63, 3.8) is 0 Å². The third-order valence-corrected chi connectivity index (χ3v) is 5.68. The molecule has 0 bridgehead atoms. The Morgan fingerprint density at radius 2 is 1.58 bits per heavy atom. The Labute approximate surface area is 187 Å². The number of carbonyl (C=O) groups is 3. The highest BCUT2D eigenvalue weighted by Gasteiger charge is 2.31. The van der Waals surface area contributed by atoms with Gasteiger partial charge in [-0.15, -0.1) is 0 Å². The molecule has 7 nitrogen and oxygen atoms in total. The van der Waals surface area contributed by atoms with Gasteiger partial charge < -0.3 is 20.8 Å². The molecule has 0 saturated carbocycles. The van der Waals surface area contributed by atoms with Crippen molar-refractivity contribution in [2.45, 2.75) is 44.0 Å². The van der Waals surface area contributed by atoms with Gasteiger partial charge >= 0.3 is 5.97 Å². The summed E-state index contributed by atoms with van der Waals surface area (Å²) in [6.45, 7) is 3.70. The van der Waals surface area contributed by atoms with Crippen LogP contribution in [-0.4, -0.2) is 40.1 Å². The molecule has 2 aromatic carbocycles. The first kappa shape index (κ1) is 24.3. The monoisotopic (exact) mass is 444 g/mol. The number of phenolic OH excluding ortho intramolecular Hbond substituents is 1. The summed E-state index contributed by atoms with van der Waals surface area (Å²) in [7, 11) is 0. The van der Waals surface area contributed by atoms with Crippen LogP contribution in [0.15, 0.2) is 54.6 Å². The Morgan fingerprint density at radius 1 is 0.968 bits per heavy atom. The van der Waals surface area contributed by atoms with E-state index in [0.717, 1.165) is 0 Å². The number of carbonyl (C=O) groups excluding carboxylic acids is 2. The summed E-state index contributed by atoms with van der Waals surface area (Å²) in [6, 6.07) is 13.0. The van der Waals surface area contributed by atoms with Crippen LogP contribution < -0.4 is 10.6 Å². The Morgan fingerprint density at radius 3 is 2.13 bits per heavy atom. The summed E-state index contributed by atoms with van der Waals surface area (Å²) in [5, 5.41) is 23.5. The molecule has 8 heteroatoms. The number of rotatable bonds is 10. The second-order valence-corrected chi connectivity index (χ2v) is 7.97. The molecule has 2 amide bonds. The van der Waals surface area contributed by atoms with Crippen LogP contribution in [0.25, 0.3) is 0 Å². The van der Waals surface area contributed by atoms with Crippen molar-refractivity contribution >= 4 is 30.4 Å². The van der Waals surface area contributed by atoms with Crippen LogP contribution in [0.3, 0.4) is 0 Å². The molecule has 0 spiro atoms. The number of carboxylic acids is 1. The second-order valence-electron chi connectivity index (χ2n) is 7.45. The van der Waals surface area contributed by atoms with Crippen LogP contribution in [0.5, 0.6) is 5.75 Å². The van der Waals surface area contributed by atoms with Crippen molar-refractivity contribution in [2.24, 2.45) is 5.92 Å². The molecule has 0 saturated heterocycles. The highest BCUT2D eigenvalue weighted by molar-refractivity contribution is 7.81. The van der Waals surface area contributed by atoms with Crippen LogP contribution in [-0.2, 0) is 20.8 Å². The molecule has 2 aromatic rings. The molecule has 0 heterocycles. The lowest BCUT2D eigenvalue weighted by Gasteiger charge is -2.26. The normalized spacial score (nSPS) is 14.7. The van der Waals surface area contributed by atoms with E-state index in [1.807, 2.05) is 19.9 Å². The van der Waals surface area contributed by atoms with Crippen molar-refractivity contribution < 1.29 is 24.6 Å². The standard InChI is InChI=1S/C23H28N2O5S/c1-3-14(2)19(25-22(28)20(31)16-7-5-4-6-8-16)21(27)24-18(23(29)30)13-15-9-11-17(26)12-10-15/h4-12,14,18-20,26,31H,3,13H2,1-2H3,(H,24,27)(H,25,28)(H,29,30)/t14-,18-,19-,20-/m0/s1. The number of hydrogen-bond acceptors (Lipinski definition) is 5. The summed E-state index contributed by atoms with van der Waals surface area (Å²) in [5.74, 6) is -2.34. The van der Waals surface area contributed by atoms with Gasteiger partial charge in [-0.2, -0.15) is 12.6 Å². The Kier molecular flexibility index (Phi) is 8.93. The van der Waals surface area contributed by atoms with E-state index >= 15 is 0 Å². The lowest BCUT2D eigenvalue weighted by molar-refractivity contribution is -0.142. The SMILES string of the molecule is CC[C@H](C)[C@H](NC(=O)[C@@H](S)c1ccccc1)C(=O)N[C@@H](Cc1ccc(O)cc1)C(=O)O. The van der Waals surface area contributed by atoms with Crippen LogP contribution in [0.2, 0.25) is 0 Å². The maximum atomic E-state index is 12.9. The van der Waals surface area contributed by atoms with Crippen molar-refractivity contribution in [1.29, 1.82) is 0 Å². The topological polar surface area (TPSA) is 116 Å². The van der Waals surface area contributed by atoms with Crippen LogP contribution in [0.4, 0.5) is 0 Å². The summed E-state index contributed by atoms with van der Waals surface area (Å²) >= 11 is 4.37. The van der Waals surface area contributed by atoms with Gasteiger partial charge in [-0.25, -0.2) is 4.79 Å². The molecule has 0 aromatic heterocycles. The van der Waals surface area contributed by atoms with Crippen molar-refractivity contribution in [3.8, 4) is 5.75 Å². The molecule has 31 heavy (non-hydrogen) atoms. The van der Waals surface area contributed by atoms with E-state index in [9.17, 15) is 24.6 Å². The predicted molar refractivity (Wildman–Crippen MR) is 121 cm³/mol. The number of aromatic hydroxyl groups is 1. The molecule has 0 aliphatic carbocycles. The predicted octanol–water partition coefficient (Wildman–Crippen LogP) is 2.71. The third-order valence-electron chi connectivity index (χ3n) is 5.15. The smallest absolute Gasteiger partial charge is 0.326 e. The summed E-state index contributed by atoms with van der Waals surface area (Å²) in [5.41, 5.74) is 1.34. The summed E-state index contributed by atoms with van der Waals surface area (Å²) in [4.78, 5) is 37.4. The van der Waals surface area contributed by atoms with Crippen LogP contribution in [0.1, 0.15) is 36.6 Å². The lowest BCUT2D eigenvalue weighted by Crippen LogP contribution is -2.55. The number of hydrogen-bond donors (Lipinski definition) is 5. The van der Waals surface area contributed by atoms with E-state index in [-0.39, 0.29) is 18.1 Å². The maximum Gasteiger partial charge on any atom is 0.326 e. The van der Waals surface area contributed by atoms with E-state index in [1.165, 1.54) is 12.1 Å². The van der Waals surface area contributed by atoms with Gasteiger partial charge in [0, 0.05) is 6.42 Å². The maximum absolute atomic E-state index is 12.9. The number of benzene rings is 2. The number of phenols is 1. The molecule has 2 rings (SSSR count). The van der Waals surface area contributed by atoms with E-state index in [0.29, 0.717) is 17.5 Å². The van der Waals surface area contributed by atoms with Gasteiger partial charge in [0.15, 0.2) is 0 Å². The van der Waals surface area contributed by atoms with Crippen LogP contribution in [0, 0.1) is 5.92 Å². The minimum atomic E-state index is -1.19. The molecule has 0 aliphatic rings. The van der Waals surface area contributed by atoms with E-state index in [1.54, 1.807) is 36.4 Å². The number of amides is 2. The first-order valence-corrected chi connectivity index (χ1v) is 10.6. The minimum absolute atomic E-state index is 0.0434. The number of nitrogens with one attached hydrogen (secondary N) is 2. The zero-order valence-corrected chi connectivity index (χ0v) is 18.4. The van der Waals surface area contributed by atoms with Gasteiger partial charge in [-0.05, 0) is 29.2 Å². The molecule has 0 unspecified atom stereocenters. The fourth-order valence-electron chi connectivity index (χ4n) is 3.05. The zero-order valence-electron chi connectivity index (χ0n) is 17.5. The molecule has 166 valence electrons. The zero-order chi connectivity index (χ0) is 23.0. The van der Waals surface area contributed by atoms with Gasteiger partial charge in [-0.1, -0.05) is 62.7 Å². The Bertz CT molecular complexity index is 889. The largest absolute Gasteiger partial charge is 0.508 e. The molecular weight excluding hydrogens is 416 g/mol. The van der Waals surface area contributed by atoms with Crippen molar-refractivity contribution in [1.82, 2.24) is 10.6 Å². The molecule has 4 atom stereocenters. The van der Waals surface area contributed by atoms with E-state index < -0.39 is 35.1 Å². The first-order chi connectivity index (χ1) is 14.7. The van der Waals surface area contributed by atoms with Crippen LogP contribution >= 0.6 is 12.6 Å². The quantitative estimate of drug-likeness (QED) is 0.362. The molecular formula is C23H28N2O5S.